The normalized spacial score (nSPS) is 11.8. The van der Waals surface area contributed by atoms with E-state index in [1.54, 1.807) is 6.07 Å². The molecule has 27 heavy (non-hydrogen) atoms. The molecule has 1 atom stereocenters. The van der Waals surface area contributed by atoms with Gasteiger partial charge in [0.1, 0.15) is 5.58 Å². The van der Waals surface area contributed by atoms with Crippen molar-refractivity contribution in [1.82, 2.24) is 5.32 Å². The van der Waals surface area contributed by atoms with Crippen molar-refractivity contribution in [3.8, 4) is 0 Å². The molecule has 0 unspecified atom stereocenters. The van der Waals surface area contributed by atoms with Crippen LogP contribution in [0.5, 0.6) is 0 Å². The summed E-state index contributed by atoms with van der Waals surface area (Å²) >= 11 is 5.85. The van der Waals surface area contributed by atoms with Crippen LogP contribution in [0, 0.1) is 0 Å². The molecular weight excluding hydrogens is 370 g/mol. The molecule has 1 heterocycles. The van der Waals surface area contributed by atoms with Gasteiger partial charge in [-0.15, -0.1) is 0 Å². The number of hydrogen-bond acceptors (Lipinski definition) is 5. The lowest BCUT2D eigenvalue weighted by atomic mass is 10.1. The summed E-state index contributed by atoms with van der Waals surface area (Å²) in [5, 5.41) is 3.37. The Kier molecular flexibility index (Phi) is 5.57. The summed E-state index contributed by atoms with van der Waals surface area (Å²) in [6.07, 6.45) is 0. The number of nitrogens with one attached hydrogen (secondary N) is 1. The van der Waals surface area contributed by atoms with E-state index in [0.717, 1.165) is 11.6 Å². The second-order valence-electron chi connectivity index (χ2n) is 5.89. The second kappa shape index (κ2) is 8.05. The highest BCUT2D eigenvalue weighted by molar-refractivity contribution is 6.31. The van der Waals surface area contributed by atoms with E-state index in [-0.39, 0.29) is 22.8 Å². The first-order valence-electron chi connectivity index (χ1n) is 8.19. The van der Waals surface area contributed by atoms with E-state index < -0.39 is 23.9 Å². The fraction of sp³-hybridized carbons (Fsp3) is 0.150. The van der Waals surface area contributed by atoms with Crippen molar-refractivity contribution in [1.29, 1.82) is 0 Å². The number of esters is 1. The summed E-state index contributed by atoms with van der Waals surface area (Å²) in [7, 11) is 0. The van der Waals surface area contributed by atoms with Gasteiger partial charge in [0.15, 0.2) is 12.0 Å². The average Bonchev–Trinajstić information content (AvgIpc) is 2.67. The number of hydrogen-bond donors (Lipinski definition) is 1. The van der Waals surface area contributed by atoms with Crippen molar-refractivity contribution >= 4 is 34.4 Å². The Morgan fingerprint density at radius 2 is 1.89 bits per heavy atom. The zero-order valence-corrected chi connectivity index (χ0v) is 15.2. The van der Waals surface area contributed by atoms with Crippen molar-refractivity contribution in [2.45, 2.75) is 13.0 Å². The minimum Gasteiger partial charge on any atom is -0.450 e. The largest absolute Gasteiger partial charge is 0.450 e. The maximum atomic E-state index is 12.1. The average molecular weight is 386 g/mol. The first kappa shape index (κ1) is 18.7. The van der Waals surface area contributed by atoms with E-state index in [4.69, 9.17) is 20.8 Å². The number of carbonyl (C=O) groups is 2. The maximum absolute atomic E-state index is 12.1. The van der Waals surface area contributed by atoms with Gasteiger partial charge in [0, 0.05) is 11.1 Å². The molecule has 0 aliphatic carbocycles. The highest BCUT2D eigenvalue weighted by Gasteiger charge is 2.17. The monoisotopic (exact) mass is 385 g/mol. The van der Waals surface area contributed by atoms with Crippen molar-refractivity contribution in [2.75, 3.05) is 6.61 Å². The molecule has 138 valence electrons. The number of fused-ring (bicyclic) bond motifs is 1. The summed E-state index contributed by atoms with van der Waals surface area (Å²) in [5.41, 5.74) is 0.713. The summed E-state index contributed by atoms with van der Waals surface area (Å²) in [6, 6.07) is 14.7. The van der Waals surface area contributed by atoms with Gasteiger partial charge in [0.25, 0.3) is 5.91 Å². The van der Waals surface area contributed by atoms with Crippen LogP contribution >= 0.6 is 11.6 Å². The van der Waals surface area contributed by atoms with Gasteiger partial charge in [0.05, 0.1) is 11.4 Å². The first-order valence-corrected chi connectivity index (χ1v) is 8.56. The van der Waals surface area contributed by atoms with Crippen molar-refractivity contribution < 1.29 is 18.7 Å². The third kappa shape index (κ3) is 4.54. The van der Waals surface area contributed by atoms with Gasteiger partial charge in [-0.1, -0.05) is 41.9 Å². The van der Waals surface area contributed by atoms with Gasteiger partial charge in [-0.05, 0) is 30.7 Å². The molecule has 1 aromatic heterocycles. The van der Waals surface area contributed by atoms with Crippen LogP contribution in [0.4, 0.5) is 0 Å². The molecule has 1 N–H and O–H groups in total. The van der Waals surface area contributed by atoms with E-state index in [9.17, 15) is 14.4 Å². The molecule has 1 amide bonds. The third-order valence-electron chi connectivity index (χ3n) is 3.90. The van der Waals surface area contributed by atoms with Gasteiger partial charge in [-0.25, -0.2) is 4.79 Å². The summed E-state index contributed by atoms with van der Waals surface area (Å²) in [6.45, 7) is 1.33. The van der Waals surface area contributed by atoms with E-state index in [1.807, 2.05) is 37.3 Å². The van der Waals surface area contributed by atoms with E-state index >= 15 is 0 Å². The Morgan fingerprint density at radius 1 is 1.15 bits per heavy atom. The van der Waals surface area contributed by atoms with Gasteiger partial charge >= 0.3 is 5.97 Å². The Balaban J connectivity index is 1.64. The zero-order chi connectivity index (χ0) is 19.4. The molecule has 6 nitrogen and oxygen atoms in total. The standard InChI is InChI=1S/C20H16ClNO5/c1-12(13-5-3-2-4-6-13)22-19(24)11-26-20(25)18-10-16(23)15-9-14(21)7-8-17(15)27-18/h2-10,12H,11H2,1H3,(H,22,24)/t12-/m0/s1. The highest BCUT2D eigenvalue weighted by atomic mass is 35.5. The smallest absolute Gasteiger partial charge is 0.374 e. The Hall–Kier alpha value is -3.12. The maximum Gasteiger partial charge on any atom is 0.374 e. The molecular formula is C20H16ClNO5. The van der Waals surface area contributed by atoms with Crippen LogP contribution in [0.3, 0.4) is 0 Å². The third-order valence-corrected chi connectivity index (χ3v) is 4.14. The molecule has 0 fully saturated rings. The van der Waals surface area contributed by atoms with Gasteiger partial charge in [0.2, 0.25) is 5.76 Å². The number of halogens is 1. The minimum atomic E-state index is -0.897. The topological polar surface area (TPSA) is 85.6 Å². The molecule has 0 spiro atoms. The highest BCUT2D eigenvalue weighted by Crippen LogP contribution is 2.18. The van der Waals surface area contributed by atoms with Crippen LogP contribution in [-0.2, 0) is 9.53 Å². The van der Waals surface area contributed by atoms with E-state index in [0.29, 0.717) is 5.02 Å². The molecule has 7 heteroatoms. The summed E-state index contributed by atoms with van der Waals surface area (Å²) < 4.78 is 10.3. The molecule has 3 aromatic rings. The van der Waals surface area contributed by atoms with Crippen molar-refractivity contribution in [3.63, 3.8) is 0 Å². The predicted molar refractivity (Wildman–Crippen MR) is 101 cm³/mol. The molecule has 3 rings (SSSR count). The van der Waals surface area contributed by atoms with Crippen molar-refractivity contribution in [2.24, 2.45) is 0 Å². The molecule has 0 saturated carbocycles. The van der Waals surface area contributed by atoms with Crippen LogP contribution in [-0.4, -0.2) is 18.5 Å². The fourth-order valence-electron chi connectivity index (χ4n) is 2.54. The number of benzene rings is 2. The Morgan fingerprint density at radius 3 is 2.63 bits per heavy atom. The SMILES string of the molecule is C[C@H](NC(=O)COC(=O)c1cc(=O)c2cc(Cl)ccc2o1)c1ccccc1. The molecule has 0 aliphatic heterocycles. The number of rotatable bonds is 5. The number of ether oxygens (including phenoxy) is 1. The van der Waals surface area contributed by atoms with Crippen LogP contribution in [0.15, 0.2) is 63.8 Å². The number of amides is 1. The van der Waals surface area contributed by atoms with E-state index in [2.05, 4.69) is 5.32 Å². The molecule has 0 radical (unpaired) electrons. The van der Waals surface area contributed by atoms with Crippen LogP contribution in [0.1, 0.15) is 29.1 Å². The molecule has 0 saturated heterocycles. The fourth-order valence-corrected chi connectivity index (χ4v) is 2.71. The van der Waals surface area contributed by atoms with Crippen LogP contribution in [0.2, 0.25) is 5.02 Å². The van der Waals surface area contributed by atoms with Crippen LogP contribution in [0.25, 0.3) is 11.0 Å². The molecule has 0 aliphatic rings. The lowest BCUT2D eigenvalue weighted by molar-refractivity contribution is -0.124. The second-order valence-corrected chi connectivity index (χ2v) is 6.33. The summed E-state index contributed by atoms with van der Waals surface area (Å²) in [5.74, 6) is -1.64. The minimum absolute atomic E-state index is 0.209. The van der Waals surface area contributed by atoms with Gasteiger partial charge in [-0.2, -0.15) is 0 Å². The number of carbonyl (C=O) groups excluding carboxylic acids is 2. The Bertz CT molecular complexity index is 1050. The van der Waals surface area contributed by atoms with E-state index in [1.165, 1.54) is 12.1 Å². The predicted octanol–water partition coefficient (Wildman–Crippen LogP) is 3.48. The quantitative estimate of drug-likeness (QED) is 0.679. The first-order chi connectivity index (χ1) is 12.9. The van der Waals surface area contributed by atoms with Crippen molar-refractivity contribution in [3.05, 3.63) is 81.2 Å². The van der Waals surface area contributed by atoms with Gasteiger partial charge < -0.3 is 14.5 Å². The molecule has 0 bridgehead atoms. The summed E-state index contributed by atoms with van der Waals surface area (Å²) in [4.78, 5) is 36.2. The zero-order valence-electron chi connectivity index (χ0n) is 14.4. The molecule has 2 aromatic carbocycles. The Labute approximate surface area is 159 Å². The van der Waals surface area contributed by atoms with Gasteiger partial charge in [-0.3, -0.25) is 9.59 Å². The lowest BCUT2D eigenvalue weighted by Gasteiger charge is -2.14. The lowest BCUT2D eigenvalue weighted by Crippen LogP contribution is -2.31. The van der Waals surface area contributed by atoms with Crippen LogP contribution < -0.4 is 10.7 Å².